The number of para-hydroxylation sites is 2. The molecule has 0 aliphatic rings. The zero-order chi connectivity index (χ0) is 25.9. The maximum atomic E-state index is 7.21. The standard InChI is InChI=1S/C28H46O4Si2/c1-27(2,3)33(9,10)31-25(21-17-13-15-19-23(21)29-7)26(32-34(11,12)28(4,5)6)22-18-14-16-20-24(22)30-8/h13-20,25-26H,1-12H3. The van der Waals surface area contributed by atoms with Crippen molar-refractivity contribution < 1.29 is 18.3 Å². The van der Waals surface area contributed by atoms with Crippen LogP contribution >= 0.6 is 0 Å². The van der Waals surface area contributed by atoms with Crippen molar-refractivity contribution in [3.8, 4) is 11.5 Å². The summed E-state index contributed by atoms with van der Waals surface area (Å²) in [5.41, 5.74) is 2.01. The lowest BCUT2D eigenvalue weighted by Gasteiger charge is -2.45. The average Bonchev–Trinajstić information content (AvgIpc) is 2.74. The Hall–Kier alpha value is -1.61. The van der Waals surface area contributed by atoms with Crippen molar-refractivity contribution in [1.82, 2.24) is 0 Å². The Balaban J connectivity index is 2.81. The monoisotopic (exact) mass is 502 g/mol. The minimum absolute atomic E-state index is 0.0373. The van der Waals surface area contributed by atoms with E-state index in [0.29, 0.717) is 0 Å². The fraction of sp³-hybridized carbons (Fsp3) is 0.571. The van der Waals surface area contributed by atoms with Crippen LogP contribution in [0.5, 0.6) is 11.5 Å². The maximum absolute atomic E-state index is 7.21. The van der Waals surface area contributed by atoms with Crippen molar-refractivity contribution in [3.05, 3.63) is 59.7 Å². The van der Waals surface area contributed by atoms with Crippen LogP contribution in [0.25, 0.3) is 0 Å². The average molecular weight is 503 g/mol. The van der Waals surface area contributed by atoms with Gasteiger partial charge in [-0.2, -0.15) is 0 Å². The van der Waals surface area contributed by atoms with Crippen molar-refractivity contribution in [3.63, 3.8) is 0 Å². The van der Waals surface area contributed by atoms with E-state index in [2.05, 4.69) is 79.9 Å². The summed E-state index contributed by atoms with van der Waals surface area (Å²) in [6.07, 6.45) is -0.690. The minimum Gasteiger partial charge on any atom is -0.496 e. The zero-order valence-electron chi connectivity index (χ0n) is 23.4. The van der Waals surface area contributed by atoms with Crippen molar-refractivity contribution in [1.29, 1.82) is 0 Å². The predicted molar refractivity (Wildman–Crippen MR) is 148 cm³/mol. The molecular weight excluding hydrogens is 456 g/mol. The summed E-state index contributed by atoms with van der Waals surface area (Å²) in [4.78, 5) is 0. The summed E-state index contributed by atoms with van der Waals surface area (Å²) in [7, 11) is -0.949. The molecule has 0 spiro atoms. The fourth-order valence-electron chi connectivity index (χ4n) is 3.37. The second-order valence-electron chi connectivity index (χ2n) is 12.1. The molecule has 2 aromatic rings. The normalized spacial score (nSPS) is 15.1. The Morgan fingerprint density at radius 2 is 0.853 bits per heavy atom. The van der Waals surface area contributed by atoms with E-state index in [9.17, 15) is 0 Å². The van der Waals surface area contributed by atoms with Crippen LogP contribution in [0.4, 0.5) is 0 Å². The van der Waals surface area contributed by atoms with Gasteiger partial charge in [-0.3, -0.25) is 0 Å². The van der Waals surface area contributed by atoms with Gasteiger partial charge >= 0.3 is 0 Å². The minimum atomic E-state index is -2.19. The Morgan fingerprint density at radius 1 is 0.559 bits per heavy atom. The van der Waals surface area contributed by atoms with Crippen LogP contribution < -0.4 is 9.47 Å². The number of benzene rings is 2. The van der Waals surface area contributed by atoms with Crippen LogP contribution in [-0.4, -0.2) is 30.9 Å². The first-order chi connectivity index (χ1) is 15.6. The third-order valence-electron chi connectivity index (χ3n) is 7.62. The van der Waals surface area contributed by atoms with Crippen LogP contribution in [0.2, 0.25) is 36.3 Å². The number of ether oxygens (including phenoxy) is 2. The van der Waals surface area contributed by atoms with Gasteiger partial charge in [-0.05, 0) is 48.4 Å². The van der Waals surface area contributed by atoms with Crippen LogP contribution in [0.15, 0.2) is 48.5 Å². The molecule has 4 nitrogen and oxygen atoms in total. The Kier molecular flexibility index (Phi) is 8.90. The Labute approximate surface area is 210 Å². The second kappa shape index (κ2) is 10.6. The third-order valence-corrected chi connectivity index (χ3v) is 16.5. The van der Waals surface area contributed by atoms with Crippen molar-refractivity contribution in [2.75, 3.05) is 14.2 Å². The quantitative estimate of drug-likeness (QED) is 0.322. The molecular formula is C28H46O4Si2. The molecule has 2 rings (SSSR count). The number of methoxy groups -OCH3 is 2. The largest absolute Gasteiger partial charge is 0.496 e. The van der Waals surface area contributed by atoms with Crippen LogP contribution in [0.1, 0.15) is 64.9 Å². The molecule has 190 valence electrons. The number of hydrogen-bond donors (Lipinski definition) is 0. The second-order valence-corrected chi connectivity index (χ2v) is 21.6. The highest BCUT2D eigenvalue weighted by atomic mass is 28.4. The fourth-order valence-corrected chi connectivity index (χ4v) is 5.85. The van der Waals surface area contributed by atoms with Gasteiger partial charge in [-0.15, -0.1) is 0 Å². The summed E-state index contributed by atoms with van der Waals surface area (Å²) in [5.74, 6) is 1.62. The van der Waals surface area contributed by atoms with Crippen molar-refractivity contribution in [2.24, 2.45) is 0 Å². The van der Waals surface area contributed by atoms with Gasteiger partial charge in [0.05, 0.1) is 14.2 Å². The summed E-state index contributed by atoms with van der Waals surface area (Å²) in [6, 6.07) is 16.3. The smallest absolute Gasteiger partial charge is 0.193 e. The van der Waals surface area contributed by atoms with E-state index in [-0.39, 0.29) is 22.3 Å². The lowest BCUT2D eigenvalue weighted by molar-refractivity contribution is 0.0305. The molecule has 0 heterocycles. The van der Waals surface area contributed by atoms with Gasteiger partial charge in [-0.1, -0.05) is 77.9 Å². The van der Waals surface area contributed by atoms with Crippen LogP contribution in [0, 0.1) is 0 Å². The van der Waals surface area contributed by atoms with Gasteiger partial charge in [0.1, 0.15) is 23.7 Å². The van der Waals surface area contributed by atoms with Crippen molar-refractivity contribution in [2.45, 2.75) is 90.0 Å². The highest BCUT2D eigenvalue weighted by Gasteiger charge is 2.46. The number of rotatable bonds is 9. The first-order valence-electron chi connectivity index (χ1n) is 12.2. The molecule has 2 atom stereocenters. The molecule has 0 aromatic heterocycles. The van der Waals surface area contributed by atoms with E-state index >= 15 is 0 Å². The highest BCUT2D eigenvalue weighted by Crippen LogP contribution is 2.50. The van der Waals surface area contributed by atoms with E-state index < -0.39 is 16.6 Å². The van der Waals surface area contributed by atoms with E-state index in [0.717, 1.165) is 22.6 Å². The first kappa shape index (κ1) is 28.6. The Morgan fingerprint density at radius 3 is 1.12 bits per heavy atom. The van der Waals surface area contributed by atoms with Crippen molar-refractivity contribution >= 4 is 16.6 Å². The summed E-state index contributed by atoms with van der Waals surface area (Å²) in [5, 5.41) is 0.0745. The summed E-state index contributed by atoms with van der Waals surface area (Å²) < 4.78 is 26.1. The first-order valence-corrected chi connectivity index (χ1v) is 18.0. The molecule has 0 aliphatic carbocycles. The topological polar surface area (TPSA) is 36.9 Å². The molecule has 34 heavy (non-hydrogen) atoms. The number of hydrogen-bond acceptors (Lipinski definition) is 4. The molecule has 2 unspecified atom stereocenters. The zero-order valence-corrected chi connectivity index (χ0v) is 25.4. The highest BCUT2D eigenvalue weighted by molar-refractivity contribution is 6.74. The summed E-state index contributed by atoms with van der Waals surface area (Å²) >= 11 is 0. The van der Waals surface area contributed by atoms with E-state index in [1.54, 1.807) is 14.2 Å². The lowest BCUT2D eigenvalue weighted by Crippen LogP contribution is -2.46. The molecule has 0 fully saturated rings. The maximum Gasteiger partial charge on any atom is 0.193 e. The molecule has 0 N–H and O–H groups in total. The SMILES string of the molecule is COc1ccccc1C(O[Si](C)(C)C(C)(C)C)C(O[Si](C)(C)C(C)(C)C)c1ccccc1OC. The molecule has 0 radical (unpaired) electrons. The van der Waals surface area contributed by atoms with Gasteiger partial charge in [0.15, 0.2) is 16.6 Å². The summed E-state index contributed by atoms with van der Waals surface area (Å²) in [6.45, 7) is 22.8. The van der Waals surface area contributed by atoms with Crippen LogP contribution in [-0.2, 0) is 8.85 Å². The predicted octanol–water partition coefficient (Wildman–Crippen LogP) is 8.53. The molecule has 2 aromatic carbocycles. The van der Waals surface area contributed by atoms with Gasteiger partial charge in [0.25, 0.3) is 0 Å². The molecule has 0 aliphatic heterocycles. The molecule has 0 saturated heterocycles. The van der Waals surface area contributed by atoms with Gasteiger partial charge < -0.3 is 18.3 Å². The van der Waals surface area contributed by atoms with E-state index in [4.69, 9.17) is 18.3 Å². The van der Waals surface area contributed by atoms with Gasteiger partial charge in [0.2, 0.25) is 0 Å². The third kappa shape index (κ3) is 6.33. The van der Waals surface area contributed by atoms with Gasteiger partial charge in [0, 0.05) is 11.1 Å². The Bertz CT molecular complexity index is 864. The molecule has 0 amide bonds. The van der Waals surface area contributed by atoms with E-state index in [1.807, 2.05) is 36.4 Å². The van der Waals surface area contributed by atoms with Gasteiger partial charge in [-0.25, -0.2) is 0 Å². The molecule has 6 heteroatoms. The van der Waals surface area contributed by atoms with Crippen LogP contribution in [0.3, 0.4) is 0 Å². The lowest BCUT2D eigenvalue weighted by atomic mass is 9.97. The molecule has 0 saturated carbocycles. The molecule has 0 bridgehead atoms. The van der Waals surface area contributed by atoms with E-state index in [1.165, 1.54) is 0 Å².